The zero-order chi connectivity index (χ0) is 20.4. The van der Waals surface area contributed by atoms with Gasteiger partial charge in [-0.05, 0) is 49.9 Å². The minimum Gasteiger partial charge on any atom is -0.337 e. The fourth-order valence-corrected chi connectivity index (χ4v) is 4.43. The summed E-state index contributed by atoms with van der Waals surface area (Å²) in [6, 6.07) is 15.3. The number of amides is 1. The van der Waals surface area contributed by atoms with Crippen molar-refractivity contribution in [1.29, 1.82) is 0 Å². The van der Waals surface area contributed by atoms with Crippen LogP contribution in [-0.4, -0.2) is 33.4 Å². The predicted octanol–water partition coefficient (Wildman–Crippen LogP) is 5.56. The number of hydrogen-bond acceptors (Lipinski definition) is 2. The summed E-state index contributed by atoms with van der Waals surface area (Å²) in [6.07, 6.45) is 9.31. The van der Waals surface area contributed by atoms with Crippen LogP contribution >= 0.6 is 0 Å². The Morgan fingerprint density at radius 1 is 0.966 bits per heavy atom. The maximum atomic E-state index is 13.1. The lowest BCUT2D eigenvalue weighted by atomic mass is 9.94. The maximum absolute atomic E-state index is 13.1. The highest BCUT2D eigenvalue weighted by atomic mass is 16.2. The smallest absolute Gasteiger partial charge is 0.272 e. The fraction of sp³-hybridized carbons (Fsp3) is 0.360. The molecule has 4 heteroatoms. The number of aromatic nitrogens is 2. The molecule has 29 heavy (non-hydrogen) atoms. The number of carbonyl (C=O) groups excluding carboxylic acids is 1. The van der Waals surface area contributed by atoms with Gasteiger partial charge in [0.25, 0.3) is 5.91 Å². The van der Waals surface area contributed by atoms with Gasteiger partial charge in [-0.1, -0.05) is 60.7 Å². The van der Waals surface area contributed by atoms with Crippen molar-refractivity contribution in [1.82, 2.24) is 14.5 Å². The molecular formula is C25H29N3O. The van der Waals surface area contributed by atoms with Gasteiger partial charge in [-0.15, -0.1) is 0 Å². The molecule has 1 aromatic heterocycles. The van der Waals surface area contributed by atoms with Crippen LogP contribution in [0, 0.1) is 13.8 Å². The van der Waals surface area contributed by atoms with Crippen LogP contribution in [0.5, 0.6) is 0 Å². The van der Waals surface area contributed by atoms with Gasteiger partial charge in [0.15, 0.2) is 0 Å². The van der Waals surface area contributed by atoms with E-state index in [2.05, 4.69) is 61.3 Å². The van der Waals surface area contributed by atoms with E-state index in [1.54, 1.807) is 12.5 Å². The highest BCUT2D eigenvalue weighted by Crippen LogP contribution is 2.26. The zero-order valence-electron chi connectivity index (χ0n) is 17.6. The predicted molar refractivity (Wildman–Crippen MR) is 117 cm³/mol. The van der Waals surface area contributed by atoms with E-state index in [-0.39, 0.29) is 5.91 Å². The molecule has 2 aromatic carbocycles. The van der Waals surface area contributed by atoms with E-state index in [1.165, 1.54) is 41.5 Å². The van der Waals surface area contributed by atoms with E-state index in [9.17, 15) is 4.79 Å². The lowest BCUT2D eigenvalue weighted by molar-refractivity contribution is 0.0688. The molecule has 1 saturated carbocycles. The fourth-order valence-electron chi connectivity index (χ4n) is 4.43. The summed E-state index contributed by atoms with van der Waals surface area (Å²) in [5, 5.41) is 0. The van der Waals surface area contributed by atoms with E-state index in [0.29, 0.717) is 11.7 Å². The Balaban J connectivity index is 1.58. The van der Waals surface area contributed by atoms with Crippen molar-refractivity contribution >= 4 is 5.91 Å². The maximum Gasteiger partial charge on any atom is 0.272 e. The third-order valence-corrected chi connectivity index (χ3v) is 6.00. The standard InChI is InChI=1S/C25H29N3O/c1-18-13-19(2)15-21(14-18)20-9-11-23(12-10-20)28-17-26-16-24(28)25(29)27(3)22-7-5-4-6-8-22/h9-17,22H,4-8H2,1-3H3. The quantitative estimate of drug-likeness (QED) is 0.588. The number of nitrogens with zero attached hydrogens (tertiary/aromatic N) is 3. The van der Waals surface area contributed by atoms with Crippen molar-refractivity contribution in [2.24, 2.45) is 0 Å². The van der Waals surface area contributed by atoms with Crippen molar-refractivity contribution < 1.29 is 4.79 Å². The number of aryl methyl sites for hydroxylation is 2. The summed E-state index contributed by atoms with van der Waals surface area (Å²) in [5.41, 5.74) is 6.49. The van der Waals surface area contributed by atoms with Crippen molar-refractivity contribution in [3.8, 4) is 16.8 Å². The summed E-state index contributed by atoms with van der Waals surface area (Å²) in [4.78, 5) is 19.3. The van der Waals surface area contributed by atoms with E-state index in [4.69, 9.17) is 0 Å². The minimum absolute atomic E-state index is 0.0489. The molecule has 0 radical (unpaired) electrons. The molecule has 4 rings (SSSR count). The zero-order valence-corrected chi connectivity index (χ0v) is 17.6. The summed E-state index contributed by atoms with van der Waals surface area (Å²) >= 11 is 0. The molecule has 3 aromatic rings. The Morgan fingerprint density at radius 2 is 1.62 bits per heavy atom. The van der Waals surface area contributed by atoms with Gasteiger partial charge >= 0.3 is 0 Å². The molecule has 150 valence electrons. The van der Waals surface area contributed by atoms with Crippen LogP contribution in [0.15, 0.2) is 55.0 Å². The average molecular weight is 388 g/mol. The molecule has 1 aliphatic carbocycles. The van der Waals surface area contributed by atoms with Gasteiger partial charge in [0.2, 0.25) is 0 Å². The SMILES string of the molecule is Cc1cc(C)cc(-c2ccc(-n3cncc3C(=O)N(C)C3CCCCC3)cc2)c1. The third-order valence-electron chi connectivity index (χ3n) is 6.00. The number of rotatable bonds is 4. The van der Waals surface area contributed by atoms with E-state index in [0.717, 1.165) is 18.5 Å². The van der Waals surface area contributed by atoms with Gasteiger partial charge in [0.1, 0.15) is 5.69 Å². The lowest BCUT2D eigenvalue weighted by Gasteiger charge is -2.31. The highest BCUT2D eigenvalue weighted by Gasteiger charge is 2.25. The first kappa shape index (κ1) is 19.4. The molecule has 0 saturated heterocycles. The Morgan fingerprint density at radius 3 is 2.28 bits per heavy atom. The Kier molecular flexibility index (Phi) is 5.52. The highest BCUT2D eigenvalue weighted by molar-refractivity contribution is 5.93. The number of benzene rings is 2. The lowest BCUT2D eigenvalue weighted by Crippen LogP contribution is -2.39. The van der Waals surface area contributed by atoms with Gasteiger partial charge in [-0.25, -0.2) is 4.98 Å². The number of hydrogen-bond donors (Lipinski definition) is 0. The second kappa shape index (κ2) is 8.24. The second-order valence-corrected chi connectivity index (χ2v) is 8.28. The topological polar surface area (TPSA) is 38.1 Å². The van der Waals surface area contributed by atoms with Gasteiger partial charge in [0, 0.05) is 18.8 Å². The van der Waals surface area contributed by atoms with E-state index >= 15 is 0 Å². The Labute approximate surface area is 173 Å². The Hall–Kier alpha value is -2.88. The molecule has 0 aliphatic heterocycles. The van der Waals surface area contributed by atoms with Crippen molar-refractivity contribution in [2.45, 2.75) is 52.0 Å². The van der Waals surface area contributed by atoms with Crippen LogP contribution in [-0.2, 0) is 0 Å². The van der Waals surface area contributed by atoms with Crippen LogP contribution in [0.3, 0.4) is 0 Å². The van der Waals surface area contributed by atoms with E-state index in [1.807, 2.05) is 16.5 Å². The third kappa shape index (κ3) is 4.12. The van der Waals surface area contributed by atoms with Crippen LogP contribution < -0.4 is 0 Å². The van der Waals surface area contributed by atoms with Gasteiger partial charge in [-0.3, -0.25) is 9.36 Å². The molecule has 1 fully saturated rings. The minimum atomic E-state index is 0.0489. The molecule has 1 aliphatic rings. The largest absolute Gasteiger partial charge is 0.337 e. The molecule has 4 nitrogen and oxygen atoms in total. The molecule has 0 unspecified atom stereocenters. The van der Waals surface area contributed by atoms with Gasteiger partial charge < -0.3 is 4.90 Å². The average Bonchev–Trinajstić information content (AvgIpc) is 3.22. The first-order valence-electron chi connectivity index (χ1n) is 10.5. The summed E-state index contributed by atoms with van der Waals surface area (Å²) in [5.74, 6) is 0.0489. The summed E-state index contributed by atoms with van der Waals surface area (Å²) in [6.45, 7) is 4.24. The van der Waals surface area contributed by atoms with Crippen LogP contribution in [0.4, 0.5) is 0 Å². The molecular weight excluding hydrogens is 358 g/mol. The molecule has 1 heterocycles. The summed E-state index contributed by atoms with van der Waals surface area (Å²) < 4.78 is 1.90. The molecule has 0 N–H and O–H groups in total. The monoisotopic (exact) mass is 387 g/mol. The normalized spacial score (nSPS) is 14.7. The van der Waals surface area contributed by atoms with Crippen LogP contribution in [0.1, 0.15) is 53.7 Å². The molecule has 0 bridgehead atoms. The molecule has 1 amide bonds. The van der Waals surface area contributed by atoms with Gasteiger partial charge in [-0.2, -0.15) is 0 Å². The van der Waals surface area contributed by atoms with E-state index < -0.39 is 0 Å². The van der Waals surface area contributed by atoms with Crippen LogP contribution in [0.2, 0.25) is 0 Å². The Bertz CT molecular complexity index is 977. The van der Waals surface area contributed by atoms with Gasteiger partial charge in [0.05, 0.1) is 12.5 Å². The van der Waals surface area contributed by atoms with Crippen molar-refractivity contribution in [3.63, 3.8) is 0 Å². The van der Waals surface area contributed by atoms with Crippen LogP contribution in [0.25, 0.3) is 16.8 Å². The van der Waals surface area contributed by atoms with Crippen molar-refractivity contribution in [2.75, 3.05) is 7.05 Å². The number of imidazole rings is 1. The molecule has 0 spiro atoms. The second-order valence-electron chi connectivity index (χ2n) is 8.28. The number of carbonyl (C=O) groups is 1. The first-order valence-corrected chi connectivity index (χ1v) is 10.5. The van der Waals surface area contributed by atoms with Crippen molar-refractivity contribution in [3.05, 3.63) is 71.8 Å². The first-order chi connectivity index (χ1) is 14.0. The summed E-state index contributed by atoms with van der Waals surface area (Å²) in [7, 11) is 1.93. The molecule has 0 atom stereocenters.